The molecule has 0 spiro atoms. The maximum absolute atomic E-state index is 10.6. The van der Waals surface area contributed by atoms with Crippen LogP contribution in [0.15, 0.2) is 36.7 Å². The van der Waals surface area contributed by atoms with Crippen molar-refractivity contribution >= 4 is 17.5 Å². The molecular weight excluding hydrogens is 411 g/mol. The van der Waals surface area contributed by atoms with Crippen molar-refractivity contribution in [3.8, 4) is 0 Å². The van der Waals surface area contributed by atoms with Crippen LogP contribution in [-0.2, 0) is 17.6 Å². The fraction of sp³-hybridized carbons (Fsp3) is 0.476. The normalized spacial score (nSPS) is 17.3. The molecule has 168 valence electrons. The quantitative estimate of drug-likeness (QED) is 0.774. The van der Waals surface area contributed by atoms with Gasteiger partial charge in [-0.15, -0.1) is 0 Å². The molecule has 0 aliphatic carbocycles. The number of hydrogen-bond acceptors (Lipinski definition) is 6. The Morgan fingerprint density at radius 1 is 0.935 bits per heavy atom. The standard InChI is InChI=1S/C19H25N5.C2HF3O2/c1-22-11-13-24(14-12-22)19-17-7-9-23(16-5-3-2-4-6-16)10-8-18(17)20-15-21-19;3-2(4,5)1(6)7/h2-6,15H,7-14H2,1H3;(H,6,7). The first-order valence-corrected chi connectivity index (χ1v) is 10.1. The van der Waals surface area contributed by atoms with Crippen LogP contribution in [0.1, 0.15) is 11.3 Å². The van der Waals surface area contributed by atoms with Crippen molar-refractivity contribution in [3.63, 3.8) is 0 Å². The van der Waals surface area contributed by atoms with E-state index in [9.17, 15) is 13.2 Å². The minimum absolute atomic E-state index is 0.994. The Morgan fingerprint density at radius 2 is 1.55 bits per heavy atom. The topological polar surface area (TPSA) is 72.8 Å². The van der Waals surface area contributed by atoms with Gasteiger partial charge >= 0.3 is 12.1 Å². The Balaban J connectivity index is 0.000000339. The van der Waals surface area contributed by atoms with Crippen LogP contribution in [0.4, 0.5) is 24.7 Å². The molecule has 0 atom stereocenters. The Bertz CT molecular complexity index is 871. The minimum Gasteiger partial charge on any atom is -0.475 e. The van der Waals surface area contributed by atoms with E-state index in [4.69, 9.17) is 9.90 Å². The summed E-state index contributed by atoms with van der Waals surface area (Å²) in [4.78, 5) is 25.5. The van der Waals surface area contributed by atoms with Crippen LogP contribution in [-0.4, -0.2) is 78.4 Å². The van der Waals surface area contributed by atoms with E-state index in [-0.39, 0.29) is 0 Å². The average molecular weight is 437 g/mol. The number of fused-ring (bicyclic) bond motifs is 1. The SMILES string of the molecule is CN1CCN(c2ncnc3c2CCN(c2ccccc2)CC3)CC1.O=C(O)C(F)(F)F. The lowest BCUT2D eigenvalue weighted by Crippen LogP contribution is -2.45. The van der Waals surface area contributed by atoms with Crippen molar-refractivity contribution in [2.24, 2.45) is 0 Å². The van der Waals surface area contributed by atoms with Crippen molar-refractivity contribution in [3.05, 3.63) is 47.9 Å². The summed E-state index contributed by atoms with van der Waals surface area (Å²) in [6.45, 7) is 6.38. The zero-order valence-corrected chi connectivity index (χ0v) is 17.3. The number of benzene rings is 1. The minimum atomic E-state index is -5.08. The van der Waals surface area contributed by atoms with E-state index in [2.05, 4.69) is 62.0 Å². The molecular formula is C21H26F3N5O2. The highest BCUT2D eigenvalue weighted by molar-refractivity contribution is 5.73. The molecule has 0 radical (unpaired) electrons. The summed E-state index contributed by atoms with van der Waals surface area (Å²) in [5.41, 5.74) is 3.90. The lowest BCUT2D eigenvalue weighted by Gasteiger charge is -2.34. The molecule has 0 bridgehead atoms. The van der Waals surface area contributed by atoms with Crippen molar-refractivity contribution in [1.82, 2.24) is 14.9 Å². The molecule has 1 aromatic carbocycles. The molecule has 1 N–H and O–H groups in total. The van der Waals surface area contributed by atoms with Crippen LogP contribution in [0.2, 0.25) is 0 Å². The number of halogens is 3. The van der Waals surface area contributed by atoms with Crippen molar-refractivity contribution in [1.29, 1.82) is 0 Å². The first-order valence-electron chi connectivity index (χ1n) is 10.1. The van der Waals surface area contributed by atoms with Gasteiger partial charge in [0.2, 0.25) is 0 Å². The summed E-state index contributed by atoms with van der Waals surface area (Å²) in [6.07, 6.45) is -1.31. The maximum atomic E-state index is 10.6. The van der Waals surface area contributed by atoms with Gasteiger partial charge in [0, 0.05) is 56.9 Å². The van der Waals surface area contributed by atoms with Crippen LogP contribution in [0.25, 0.3) is 0 Å². The zero-order valence-electron chi connectivity index (χ0n) is 17.3. The average Bonchev–Trinajstić information content (AvgIpc) is 2.97. The molecule has 2 aromatic rings. The van der Waals surface area contributed by atoms with Gasteiger partial charge in [0.15, 0.2) is 0 Å². The molecule has 3 heterocycles. The van der Waals surface area contributed by atoms with Crippen LogP contribution in [0.3, 0.4) is 0 Å². The molecule has 2 aliphatic rings. The lowest BCUT2D eigenvalue weighted by molar-refractivity contribution is -0.192. The van der Waals surface area contributed by atoms with E-state index in [1.807, 2.05) is 0 Å². The van der Waals surface area contributed by atoms with Gasteiger partial charge in [-0.1, -0.05) is 18.2 Å². The smallest absolute Gasteiger partial charge is 0.475 e. The predicted octanol–water partition coefficient (Wildman–Crippen LogP) is 2.47. The third kappa shape index (κ3) is 6.06. The third-order valence-corrected chi connectivity index (χ3v) is 5.43. The van der Waals surface area contributed by atoms with Gasteiger partial charge in [-0.05, 0) is 25.6 Å². The van der Waals surface area contributed by atoms with Gasteiger partial charge in [0.1, 0.15) is 12.1 Å². The number of anilines is 2. The van der Waals surface area contributed by atoms with Gasteiger partial charge in [0.05, 0.1) is 5.69 Å². The molecule has 0 amide bonds. The third-order valence-electron chi connectivity index (χ3n) is 5.43. The first-order chi connectivity index (χ1) is 14.8. The summed E-state index contributed by atoms with van der Waals surface area (Å²) in [7, 11) is 2.19. The Kier molecular flexibility index (Phi) is 7.32. The Hall–Kier alpha value is -2.88. The van der Waals surface area contributed by atoms with Crippen LogP contribution in [0, 0.1) is 0 Å². The van der Waals surface area contributed by atoms with Crippen LogP contribution >= 0.6 is 0 Å². The second-order valence-electron chi connectivity index (χ2n) is 7.54. The van der Waals surface area contributed by atoms with Crippen LogP contribution in [0.5, 0.6) is 0 Å². The molecule has 10 heteroatoms. The number of carboxylic acids is 1. The summed E-state index contributed by atoms with van der Waals surface area (Å²) < 4.78 is 31.7. The highest BCUT2D eigenvalue weighted by atomic mass is 19.4. The van der Waals surface area contributed by atoms with E-state index < -0.39 is 12.1 Å². The monoisotopic (exact) mass is 437 g/mol. The summed E-state index contributed by atoms with van der Waals surface area (Å²) in [5.74, 6) is -1.59. The van der Waals surface area contributed by atoms with Crippen molar-refractivity contribution < 1.29 is 23.1 Å². The Labute approximate surface area is 179 Å². The number of nitrogens with zero attached hydrogens (tertiary/aromatic N) is 5. The molecule has 1 saturated heterocycles. The van der Waals surface area contributed by atoms with E-state index in [0.29, 0.717) is 0 Å². The molecule has 4 rings (SSSR count). The molecule has 31 heavy (non-hydrogen) atoms. The van der Waals surface area contributed by atoms with Gasteiger partial charge in [-0.2, -0.15) is 13.2 Å². The van der Waals surface area contributed by atoms with E-state index in [0.717, 1.165) is 52.1 Å². The fourth-order valence-electron chi connectivity index (χ4n) is 3.70. The molecule has 7 nitrogen and oxygen atoms in total. The molecule has 1 aromatic heterocycles. The van der Waals surface area contributed by atoms with Crippen molar-refractivity contribution in [2.45, 2.75) is 19.0 Å². The summed E-state index contributed by atoms with van der Waals surface area (Å²) >= 11 is 0. The number of aromatic nitrogens is 2. The fourth-order valence-corrected chi connectivity index (χ4v) is 3.70. The van der Waals surface area contributed by atoms with E-state index in [1.54, 1.807) is 6.33 Å². The maximum Gasteiger partial charge on any atom is 0.490 e. The number of alkyl halides is 3. The number of carboxylic acid groups (broad SMARTS) is 1. The lowest BCUT2D eigenvalue weighted by atomic mass is 10.1. The van der Waals surface area contributed by atoms with Crippen molar-refractivity contribution in [2.75, 3.05) is 56.1 Å². The number of hydrogen-bond donors (Lipinski definition) is 1. The molecule has 1 fully saturated rings. The zero-order chi connectivity index (χ0) is 22.4. The first kappa shape index (κ1) is 22.8. The molecule has 0 saturated carbocycles. The van der Waals surface area contributed by atoms with Gasteiger partial charge in [-0.3, -0.25) is 0 Å². The number of likely N-dealkylation sites (N-methyl/N-ethyl adjacent to an activating group) is 1. The molecule has 0 unspecified atom stereocenters. The number of para-hydroxylation sites is 1. The summed E-state index contributed by atoms with van der Waals surface area (Å²) in [6, 6.07) is 10.7. The van der Waals surface area contributed by atoms with Gasteiger partial charge < -0.3 is 19.8 Å². The number of carbonyl (C=O) groups is 1. The number of aliphatic carboxylic acids is 1. The molecule has 2 aliphatic heterocycles. The van der Waals surface area contributed by atoms with Gasteiger partial charge in [0.25, 0.3) is 0 Å². The number of piperazine rings is 1. The second-order valence-corrected chi connectivity index (χ2v) is 7.54. The predicted molar refractivity (Wildman–Crippen MR) is 111 cm³/mol. The van der Waals surface area contributed by atoms with Crippen LogP contribution < -0.4 is 9.80 Å². The second kappa shape index (κ2) is 9.95. The van der Waals surface area contributed by atoms with E-state index >= 15 is 0 Å². The largest absolute Gasteiger partial charge is 0.490 e. The summed E-state index contributed by atoms with van der Waals surface area (Å²) in [5, 5.41) is 7.12. The number of rotatable bonds is 2. The van der Waals surface area contributed by atoms with Gasteiger partial charge in [-0.25, -0.2) is 14.8 Å². The van der Waals surface area contributed by atoms with E-state index in [1.165, 1.54) is 22.8 Å². The highest BCUT2D eigenvalue weighted by Gasteiger charge is 2.38. The Morgan fingerprint density at radius 3 is 2.16 bits per heavy atom. The highest BCUT2D eigenvalue weighted by Crippen LogP contribution is 2.26.